The maximum Gasteiger partial charge on any atom is 0.573 e. The second-order valence-corrected chi connectivity index (χ2v) is 12.5. The van der Waals surface area contributed by atoms with Crippen LogP contribution in [0.1, 0.15) is 36.8 Å². The van der Waals surface area contributed by atoms with Gasteiger partial charge in [0, 0.05) is 53.9 Å². The molecule has 10 heteroatoms. The van der Waals surface area contributed by atoms with Gasteiger partial charge < -0.3 is 15.0 Å². The van der Waals surface area contributed by atoms with Gasteiger partial charge in [0.1, 0.15) is 5.75 Å². The van der Waals surface area contributed by atoms with Gasteiger partial charge in [0.15, 0.2) is 0 Å². The highest BCUT2D eigenvalue weighted by molar-refractivity contribution is 6.31. The first-order chi connectivity index (χ1) is 20.7. The molecule has 236 valence electrons. The number of hydrogen-bond acceptors (Lipinski definition) is 4. The standard InChI is InChI=1S/C34H38ClF3N4O.ClH/c35-31-5-2-1-4-27(31)22-41-19-14-33(24-41)12-17-40(18-13-33)21-25-6-11-32-29(20-25)30(23-42(32)16-3-15-39)26-7-9-28(10-8-26)43-34(36,37)38;/h1-2,4-11,20,23H,3,12-19,21-22,24,39H2;1H. The van der Waals surface area contributed by atoms with Crippen molar-refractivity contribution in [1.82, 2.24) is 14.4 Å². The minimum atomic E-state index is -4.71. The number of alkyl halides is 3. The fourth-order valence-electron chi connectivity index (χ4n) is 6.84. The van der Waals surface area contributed by atoms with Crippen LogP contribution in [-0.2, 0) is 19.6 Å². The third-order valence-corrected chi connectivity index (χ3v) is 9.51. The Morgan fingerprint density at radius 1 is 0.886 bits per heavy atom. The molecule has 1 spiro atoms. The van der Waals surface area contributed by atoms with Crippen LogP contribution in [0, 0.1) is 5.41 Å². The van der Waals surface area contributed by atoms with Crippen LogP contribution in [0.5, 0.6) is 5.75 Å². The van der Waals surface area contributed by atoms with E-state index in [2.05, 4.69) is 55.6 Å². The van der Waals surface area contributed by atoms with Crippen molar-refractivity contribution in [2.75, 3.05) is 32.7 Å². The van der Waals surface area contributed by atoms with Gasteiger partial charge in [-0.1, -0.05) is 48.0 Å². The van der Waals surface area contributed by atoms with E-state index in [0.29, 0.717) is 12.0 Å². The molecule has 5 nitrogen and oxygen atoms in total. The predicted molar refractivity (Wildman–Crippen MR) is 173 cm³/mol. The van der Waals surface area contributed by atoms with E-state index in [1.807, 2.05) is 12.1 Å². The average Bonchev–Trinajstić information content (AvgIpc) is 3.55. The minimum absolute atomic E-state index is 0. The summed E-state index contributed by atoms with van der Waals surface area (Å²) < 4.78 is 44.3. The smallest absolute Gasteiger partial charge is 0.406 e. The van der Waals surface area contributed by atoms with E-state index >= 15 is 0 Å². The number of hydrogen-bond donors (Lipinski definition) is 1. The van der Waals surface area contributed by atoms with Crippen molar-refractivity contribution in [1.29, 1.82) is 0 Å². The van der Waals surface area contributed by atoms with Gasteiger partial charge in [-0.15, -0.1) is 25.6 Å². The van der Waals surface area contributed by atoms with Crippen LogP contribution >= 0.6 is 24.0 Å². The molecular weight excluding hydrogens is 608 g/mol. The summed E-state index contributed by atoms with van der Waals surface area (Å²) in [5.74, 6) is -0.221. The number of piperidine rings is 1. The van der Waals surface area contributed by atoms with E-state index < -0.39 is 6.36 Å². The van der Waals surface area contributed by atoms with Gasteiger partial charge in [0.05, 0.1) is 0 Å². The summed E-state index contributed by atoms with van der Waals surface area (Å²) in [5.41, 5.74) is 11.6. The number of likely N-dealkylation sites (tertiary alicyclic amines) is 2. The summed E-state index contributed by atoms with van der Waals surface area (Å²) in [6, 6.07) is 20.9. The number of rotatable bonds is 9. The second-order valence-electron chi connectivity index (χ2n) is 12.1. The fourth-order valence-corrected chi connectivity index (χ4v) is 7.03. The molecule has 2 N–H and O–H groups in total. The van der Waals surface area contributed by atoms with Crippen molar-refractivity contribution < 1.29 is 17.9 Å². The molecule has 4 aromatic rings. The van der Waals surface area contributed by atoms with Crippen molar-refractivity contribution in [3.63, 3.8) is 0 Å². The molecule has 0 bridgehead atoms. The van der Waals surface area contributed by atoms with Crippen LogP contribution in [0.2, 0.25) is 5.02 Å². The SMILES string of the molecule is Cl.NCCCn1cc(-c2ccc(OC(F)(F)F)cc2)c2cc(CN3CCC4(CC3)CCN(Cc3ccccc3Cl)C4)ccc21. The van der Waals surface area contributed by atoms with Gasteiger partial charge in [0.2, 0.25) is 0 Å². The zero-order valence-corrected chi connectivity index (χ0v) is 26.2. The van der Waals surface area contributed by atoms with Crippen molar-refractivity contribution in [2.45, 2.75) is 51.7 Å². The molecule has 0 radical (unpaired) electrons. The van der Waals surface area contributed by atoms with Crippen LogP contribution in [0.3, 0.4) is 0 Å². The second kappa shape index (κ2) is 13.7. The largest absolute Gasteiger partial charge is 0.573 e. The number of nitrogens with zero attached hydrogens (tertiary/aromatic N) is 3. The summed E-state index contributed by atoms with van der Waals surface area (Å²) >= 11 is 6.43. The maximum absolute atomic E-state index is 12.7. The Balaban J connectivity index is 0.00000384. The lowest BCUT2D eigenvalue weighted by atomic mass is 9.77. The first-order valence-electron chi connectivity index (χ1n) is 15.1. The molecule has 6 rings (SSSR count). The Bertz CT molecular complexity index is 1550. The lowest BCUT2D eigenvalue weighted by Crippen LogP contribution is -2.41. The van der Waals surface area contributed by atoms with Crippen molar-refractivity contribution in [3.8, 4) is 16.9 Å². The van der Waals surface area contributed by atoms with Crippen LogP contribution < -0.4 is 10.5 Å². The number of fused-ring (bicyclic) bond motifs is 1. The quantitative estimate of drug-likeness (QED) is 0.199. The monoisotopic (exact) mass is 646 g/mol. The van der Waals surface area contributed by atoms with Gasteiger partial charge in [-0.25, -0.2) is 0 Å². The third-order valence-electron chi connectivity index (χ3n) is 9.14. The Morgan fingerprint density at radius 3 is 2.27 bits per heavy atom. The normalized spacial score (nSPS) is 17.3. The molecule has 3 heterocycles. The number of benzene rings is 3. The Labute approximate surface area is 268 Å². The highest BCUT2D eigenvalue weighted by Crippen LogP contribution is 2.41. The first kappa shape index (κ1) is 32.6. The number of aromatic nitrogens is 1. The highest BCUT2D eigenvalue weighted by Gasteiger charge is 2.40. The molecule has 2 fully saturated rings. The molecular formula is C34H39Cl2F3N4O. The summed E-state index contributed by atoms with van der Waals surface area (Å²) in [7, 11) is 0. The summed E-state index contributed by atoms with van der Waals surface area (Å²) in [6.45, 7) is 7.55. The predicted octanol–water partition coefficient (Wildman–Crippen LogP) is 8.12. The molecule has 0 amide bonds. The van der Waals surface area contributed by atoms with E-state index in [1.165, 1.54) is 42.5 Å². The molecule has 0 unspecified atom stereocenters. The molecule has 2 aliphatic rings. The Hall–Kier alpha value is -2.75. The van der Waals surface area contributed by atoms with Crippen LogP contribution in [0.4, 0.5) is 13.2 Å². The third kappa shape index (κ3) is 7.54. The molecule has 2 aliphatic heterocycles. The topological polar surface area (TPSA) is 46.7 Å². The van der Waals surface area contributed by atoms with E-state index in [9.17, 15) is 13.2 Å². The van der Waals surface area contributed by atoms with E-state index in [-0.39, 0.29) is 18.2 Å². The number of halogens is 5. The number of aryl methyl sites for hydroxylation is 1. The molecule has 2 saturated heterocycles. The first-order valence-corrected chi connectivity index (χ1v) is 15.4. The van der Waals surface area contributed by atoms with Crippen LogP contribution in [-0.4, -0.2) is 53.5 Å². The molecule has 0 atom stereocenters. The molecule has 44 heavy (non-hydrogen) atoms. The minimum Gasteiger partial charge on any atom is -0.406 e. The molecule has 3 aromatic carbocycles. The van der Waals surface area contributed by atoms with Crippen molar-refractivity contribution >= 4 is 34.9 Å². The van der Waals surface area contributed by atoms with E-state index in [4.69, 9.17) is 17.3 Å². The van der Waals surface area contributed by atoms with Gasteiger partial charge in [-0.3, -0.25) is 9.80 Å². The number of ether oxygens (including phenoxy) is 1. The Kier molecular flexibility index (Phi) is 10.2. The van der Waals surface area contributed by atoms with Gasteiger partial charge in [-0.05, 0) is 104 Å². The molecule has 0 aliphatic carbocycles. The zero-order chi connectivity index (χ0) is 30.0. The average molecular weight is 648 g/mol. The van der Waals surface area contributed by atoms with Gasteiger partial charge in [-0.2, -0.15) is 0 Å². The number of nitrogens with two attached hydrogens (primary N) is 1. The van der Waals surface area contributed by atoms with Crippen molar-refractivity contribution in [2.24, 2.45) is 11.1 Å². The van der Waals surface area contributed by atoms with E-state index in [0.717, 1.165) is 79.3 Å². The Morgan fingerprint density at radius 2 is 1.59 bits per heavy atom. The summed E-state index contributed by atoms with van der Waals surface area (Å²) in [5, 5.41) is 1.94. The summed E-state index contributed by atoms with van der Waals surface area (Å²) in [4.78, 5) is 5.11. The van der Waals surface area contributed by atoms with Crippen molar-refractivity contribution in [3.05, 3.63) is 89.1 Å². The summed E-state index contributed by atoms with van der Waals surface area (Å²) in [6.07, 6.45) is 1.85. The van der Waals surface area contributed by atoms with Crippen LogP contribution in [0.25, 0.3) is 22.0 Å². The zero-order valence-electron chi connectivity index (χ0n) is 24.7. The lowest BCUT2D eigenvalue weighted by molar-refractivity contribution is -0.274. The molecule has 0 saturated carbocycles. The fraction of sp³-hybridized carbons (Fsp3) is 0.412. The highest BCUT2D eigenvalue weighted by atomic mass is 35.5. The van der Waals surface area contributed by atoms with Gasteiger partial charge >= 0.3 is 6.36 Å². The van der Waals surface area contributed by atoms with Gasteiger partial charge in [0.25, 0.3) is 0 Å². The maximum atomic E-state index is 12.7. The van der Waals surface area contributed by atoms with Crippen LogP contribution in [0.15, 0.2) is 72.9 Å². The molecule has 1 aromatic heterocycles. The van der Waals surface area contributed by atoms with E-state index in [1.54, 1.807) is 12.1 Å². The lowest BCUT2D eigenvalue weighted by Gasteiger charge is -2.39.